The number of carbonyl (C=O) groups is 2. The Labute approximate surface area is 172 Å². The van der Waals surface area contributed by atoms with Crippen molar-refractivity contribution in [3.8, 4) is 11.5 Å². The number of benzene rings is 2. The van der Waals surface area contributed by atoms with Gasteiger partial charge in [0, 0.05) is 18.2 Å². The smallest absolute Gasteiger partial charge is 0.240 e. The molecule has 3 rings (SSSR count). The second-order valence-electron chi connectivity index (χ2n) is 6.00. The van der Waals surface area contributed by atoms with Crippen molar-refractivity contribution in [1.29, 1.82) is 0 Å². The largest absolute Gasteiger partial charge is 0.497 e. The SMILES string of the molecule is COc1ccc(/C=N\N=C2/NC(=O)[C@H](CC(=O)Nc3cccc(OC)c3)S2)cc1. The Morgan fingerprint density at radius 2 is 1.93 bits per heavy atom. The molecule has 0 radical (unpaired) electrons. The molecule has 1 atom stereocenters. The Hall–Kier alpha value is -3.33. The molecule has 150 valence electrons. The zero-order valence-corrected chi connectivity index (χ0v) is 16.7. The molecule has 0 aromatic heterocycles. The predicted octanol–water partition coefficient (Wildman–Crippen LogP) is 2.65. The molecule has 0 bridgehead atoms. The maximum absolute atomic E-state index is 12.2. The lowest BCUT2D eigenvalue weighted by atomic mass is 10.2. The minimum atomic E-state index is -0.560. The van der Waals surface area contributed by atoms with Crippen molar-refractivity contribution in [2.24, 2.45) is 10.2 Å². The first-order valence-electron chi connectivity index (χ1n) is 8.74. The van der Waals surface area contributed by atoms with Gasteiger partial charge in [0.15, 0.2) is 5.17 Å². The number of carbonyl (C=O) groups excluding carboxylic acids is 2. The Bertz CT molecular complexity index is 944. The zero-order valence-electron chi connectivity index (χ0n) is 15.9. The van der Waals surface area contributed by atoms with E-state index in [-0.39, 0.29) is 18.2 Å². The van der Waals surface area contributed by atoms with Crippen molar-refractivity contribution in [2.75, 3.05) is 19.5 Å². The monoisotopic (exact) mass is 412 g/mol. The standard InChI is InChI=1S/C20H20N4O4S/c1-27-15-8-6-13(7-9-15)12-21-24-20-23-19(26)17(29-20)11-18(25)22-14-4-3-5-16(10-14)28-2/h3-10,12,17H,11H2,1-2H3,(H,22,25)(H,23,24,26)/b21-12-/t17-/m0/s1. The van der Waals surface area contributed by atoms with E-state index in [4.69, 9.17) is 9.47 Å². The summed E-state index contributed by atoms with van der Waals surface area (Å²) in [5, 5.41) is 13.2. The highest BCUT2D eigenvalue weighted by Crippen LogP contribution is 2.24. The van der Waals surface area contributed by atoms with Crippen LogP contribution in [0, 0.1) is 0 Å². The van der Waals surface area contributed by atoms with E-state index in [9.17, 15) is 9.59 Å². The molecule has 2 amide bonds. The highest BCUT2D eigenvalue weighted by molar-refractivity contribution is 8.15. The molecule has 2 aromatic rings. The predicted molar refractivity (Wildman–Crippen MR) is 114 cm³/mol. The summed E-state index contributed by atoms with van der Waals surface area (Å²) in [4.78, 5) is 24.3. The fourth-order valence-corrected chi connectivity index (χ4v) is 3.43. The van der Waals surface area contributed by atoms with Gasteiger partial charge in [0.1, 0.15) is 16.7 Å². The van der Waals surface area contributed by atoms with Gasteiger partial charge in [-0.15, -0.1) is 5.10 Å². The number of nitrogens with one attached hydrogen (secondary N) is 2. The summed E-state index contributed by atoms with van der Waals surface area (Å²) in [6.07, 6.45) is 1.59. The van der Waals surface area contributed by atoms with Crippen LogP contribution in [0.1, 0.15) is 12.0 Å². The lowest BCUT2D eigenvalue weighted by Gasteiger charge is -2.08. The van der Waals surface area contributed by atoms with Gasteiger partial charge in [0.2, 0.25) is 11.8 Å². The number of amides is 2. The van der Waals surface area contributed by atoms with Crippen molar-refractivity contribution in [1.82, 2.24) is 5.32 Å². The quantitative estimate of drug-likeness (QED) is 0.538. The number of amidine groups is 1. The van der Waals surface area contributed by atoms with Crippen LogP contribution in [0.15, 0.2) is 58.7 Å². The van der Waals surface area contributed by atoms with Crippen molar-refractivity contribution in [3.05, 3.63) is 54.1 Å². The van der Waals surface area contributed by atoms with Crippen molar-refractivity contribution in [3.63, 3.8) is 0 Å². The van der Waals surface area contributed by atoms with Gasteiger partial charge < -0.3 is 20.1 Å². The molecule has 0 saturated carbocycles. The molecule has 1 aliphatic rings. The molecule has 0 spiro atoms. The molecular formula is C20H20N4O4S. The summed E-state index contributed by atoms with van der Waals surface area (Å²) in [7, 11) is 3.15. The number of rotatable bonds is 7. The van der Waals surface area contributed by atoms with Crippen LogP contribution < -0.4 is 20.1 Å². The van der Waals surface area contributed by atoms with Gasteiger partial charge >= 0.3 is 0 Å². The van der Waals surface area contributed by atoms with E-state index < -0.39 is 5.25 Å². The van der Waals surface area contributed by atoms with Crippen LogP contribution in [0.3, 0.4) is 0 Å². The maximum atomic E-state index is 12.2. The van der Waals surface area contributed by atoms with Gasteiger partial charge in [0.25, 0.3) is 0 Å². The number of hydrogen-bond donors (Lipinski definition) is 2. The number of nitrogens with zero attached hydrogens (tertiary/aromatic N) is 2. The third-order valence-corrected chi connectivity index (χ3v) is 5.04. The molecule has 1 aliphatic heterocycles. The molecule has 1 saturated heterocycles. The minimum Gasteiger partial charge on any atom is -0.497 e. The second-order valence-corrected chi connectivity index (χ2v) is 7.19. The summed E-state index contributed by atoms with van der Waals surface area (Å²) < 4.78 is 10.2. The van der Waals surface area contributed by atoms with Crippen LogP contribution >= 0.6 is 11.8 Å². The van der Waals surface area contributed by atoms with Crippen LogP contribution in [0.4, 0.5) is 5.69 Å². The third-order valence-electron chi connectivity index (χ3n) is 3.97. The topological polar surface area (TPSA) is 101 Å². The molecule has 0 unspecified atom stereocenters. The second kappa shape index (κ2) is 9.74. The first-order chi connectivity index (χ1) is 14.1. The van der Waals surface area contributed by atoms with Gasteiger partial charge in [0.05, 0.1) is 20.4 Å². The molecule has 9 heteroatoms. The van der Waals surface area contributed by atoms with Gasteiger partial charge in [-0.2, -0.15) is 5.10 Å². The molecular weight excluding hydrogens is 392 g/mol. The van der Waals surface area contributed by atoms with E-state index in [0.29, 0.717) is 16.6 Å². The van der Waals surface area contributed by atoms with Gasteiger partial charge in [-0.25, -0.2) is 0 Å². The van der Waals surface area contributed by atoms with Gasteiger partial charge in [-0.1, -0.05) is 17.8 Å². The number of thioether (sulfide) groups is 1. The summed E-state index contributed by atoms with van der Waals surface area (Å²) in [5.74, 6) is 0.852. The maximum Gasteiger partial charge on any atom is 0.240 e. The summed E-state index contributed by atoms with van der Waals surface area (Å²) >= 11 is 1.18. The van der Waals surface area contributed by atoms with Crippen LogP contribution in [-0.2, 0) is 9.59 Å². The van der Waals surface area contributed by atoms with Crippen molar-refractivity contribution >= 4 is 40.6 Å². The molecule has 2 aromatic carbocycles. The number of hydrogen-bond acceptors (Lipinski definition) is 7. The van der Waals surface area contributed by atoms with E-state index >= 15 is 0 Å². The first kappa shape index (κ1) is 20.4. The van der Waals surface area contributed by atoms with Crippen LogP contribution in [0.5, 0.6) is 11.5 Å². The van der Waals surface area contributed by atoms with E-state index in [2.05, 4.69) is 20.8 Å². The molecule has 0 aliphatic carbocycles. The van der Waals surface area contributed by atoms with Gasteiger partial charge in [-0.3, -0.25) is 9.59 Å². The number of anilines is 1. The molecule has 8 nitrogen and oxygen atoms in total. The van der Waals surface area contributed by atoms with E-state index in [1.165, 1.54) is 11.8 Å². The molecule has 1 heterocycles. The Morgan fingerprint density at radius 3 is 2.66 bits per heavy atom. The minimum absolute atomic E-state index is 0.0227. The highest BCUT2D eigenvalue weighted by atomic mass is 32.2. The normalized spacial score (nSPS) is 17.4. The Balaban J connectivity index is 1.54. The van der Waals surface area contributed by atoms with Crippen LogP contribution in [0.25, 0.3) is 0 Å². The Kier molecular flexibility index (Phi) is 6.85. The Morgan fingerprint density at radius 1 is 1.17 bits per heavy atom. The molecule has 1 fully saturated rings. The van der Waals surface area contributed by atoms with Gasteiger partial charge in [-0.05, 0) is 42.0 Å². The average molecular weight is 412 g/mol. The molecule has 29 heavy (non-hydrogen) atoms. The fraction of sp³-hybridized carbons (Fsp3) is 0.200. The third kappa shape index (κ3) is 5.82. The van der Waals surface area contributed by atoms with E-state index in [0.717, 1.165) is 11.3 Å². The summed E-state index contributed by atoms with van der Waals surface area (Å²) in [6, 6.07) is 14.3. The highest BCUT2D eigenvalue weighted by Gasteiger charge is 2.32. The number of methoxy groups -OCH3 is 2. The lowest BCUT2D eigenvalue weighted by molar-refractivity contribution is -0.122. The summed E-state index contributed by atoms with van der Waals surface area (Å²) in [6.45, 7) is 0. The van der Waals surface area contributed by atoms with Crippen LogP contribution in [-0.4, -0.2) is 42.7 Å². The summed E-state index contributed by atoms with van der Waals surface area (Å²) in [5.41, 5.74) is 1.45. The van der Waals surface area contributed by atoms with Crippen molar-refractivity contribution in [2.45, 2.75) is 11.7 Å². The number of ether oxygens (including phenoxy) is 2. The zero-order chi connectivity index (χ0) is 20.6. The van der Waals surface area contributed by atoms with E-state index in [1.807, 2.05) is 24.3 Å². The fourth-order valence-electron chi connectivity index (χ4n) is 2.51. The van der Waals surface area contributed by atoms with E-state index in [1.54, 1.807) is 44.7 Å². The van der Waals surface area contributed by atoms with Crippen LogP contribution in [0.2, 0.25) is 0 Å². The average Bonchev–Trinajstić information content (AvgIpc) is 3.07. The molecule has 2 N–H and O–H groups in total. The van der Waals surface area contributed by atoms with Crippen molar-refractivity contribution < 1.29 is 19.1 Å². The first-order valence-corrected chi connectivity index (χ1v) is 9.62. The lowest BCUT2D eigenvalue weighted by Crippen LogP contribution is -2.28.